The second-order valence-corrected chi connectivity index (χ2v) is 5.11. The van der Waals surface area contributed by atoms with Crippen molar-refractivity contribution < 1.29 is 0 Å². The number of hydrogen-bond acceptors (Lipinski definition) is 4. The first-order valence-electron chi connectivity index (χ1n) is 6.70. The predicted octanol–water partition coefficient (Wildman–Crippen LogP) is 2.96. The van der Waals surface area contributed by atoms with Gasteiger partial charge in [0.1, 0.15) is 11.6 Å². The molecule has 4 nitrogen and oxygen atoms in total. The van der Waals surface area contributed by atoms with E-state index in [1.807, 2.05) is 13.8 Å². The predicted molar refractivity (Wildman–Crippen MR) is 71.3 cm³/mol. The van der Waals surface area contributed by atoms with E-state index in [4.69, 9.17) is 0 Å². The first-order valence-corrected chi connectivity index (χ1v) is 6.70. The van der Waals surface area contributed by atoms with Crippen LogP contribution in [0.2, 0.25) is 0 Å². The van der Waals surface area contributed by atoms with Crippen LogP contribution in [0.1, 0.15) is 48.9 Å². The number of anilines is 1. The van der Waals surface area contributed by atoms with Crippen molar-refractivity contribution in [3.63, 3.8) is 0 Å². The van der Waals surface area contributed by atoms with Crippen LogP contribution in [0.4, 0.5) is 5.82 Å². The fraction of sp³-hybridized carbons (Fsp3) is 0.643. The van der Waals surface area contributed by atoms with E-state index in [0.29, 0.717) is 11.4 Å². The molecule has 0 unspecified atom stereocenters. The topological polar surface area (TPSA) is 61.6 Å². The summed E-state index contributed by atoms with van der Waals surface area (Å²) in [6, 6.07) is 2.22. The Morgan fingerprint density at radius 1 is 1.28 bits per heavy atom. The summed E-state index contributed by atoms with van der Waals surface area (Å²) in [4.78, 5) is 0. The van der Waals surface area contributed by atoms with Crippen molar-refractivity contribution in [3.8, 4) is 6.07 Å². The van der Waals surface area contributed by atoms with Crippen LogP contribution in [0.3, 0.4) is 0 Å². The maximum Gasteiger partial charge on any atom is 0.166 e. The summed E-state index contributed by atoms with van der Waals surface area (Å²) in [5.74, 6) is 1.49. The molecule has 0 aliphatic heterocycles. The molecule has 0 spiro atoms. The van der Waals surface area contributed by atoms with Crippen molar-refractivity contribution in [2.75, 3.05) is 11.9 Å². The van der Waals surface area contributed by atoms with Crippen molar-refractivity contribution >= 4 is 5.82 Å². The van der Waals surface area contributed by atoms with Gasteiger partial charge in [0.2, 0.25) is 0 Å². The number of nitriles is 1. The summed E-state index contributed by atoms with van der Waals surface area (Å²) in [6.07, 6.45) is 6.62. The molecule has 96 valence electrons. The van der Waals surface area contributed by atoms with Crippen LogP contribution in [0.25, 0.3) is 0 Å². The van der Waals surface area contributed by atoms with Gasteiger partial charge in [0.15, 0.2) is 5.82 Å². The molecular weight excluding hydrogens is 224 g/mol. The molecule has 0 amide bonds. The lowest BCUT2D eigenvalue weighted by Crippen LogP contribution is -2.11. The third-order valence-corrected chi connectivity index (χ3v) is 3.89. The van der Waals surface area contributed by atoms with E-state index in [2.05, 4.69) is 21.6 Å². The molecule has 1 saturated carbocycles. The molecule has 1 aliphatic rings. The number of aromatic nitrogens is 2. The van der Waals surface area contributed by atoms with E-state index < -0.39 is 0 Å². The number of rotatable bonds is 4. The Balaban J connectivity index is 1.96. The zero-order chi connectivity index (χ0) is 13.0. The zero-order valence-corrected chi connectivity index (χ0v) is 11.2. The van der Waals surface area contributed by atoms with Crippen LogP contribution < -0.4 is 5.32 Å². The van der Waals surface area contributed by atoms with Crippen LogP contribution >= 0.6 is 0 Å². The molecule has 0 saturated heterocycles. The third kappa shape index (κ3) is 2.79. The fourth-order valence-corrected chi connectivity index (χ4v) is 2.56. The molecule has 0 atom stereocenters. The summed E-state index contributed by atoms with van der Waals surface area (Å²) in [5, 5.41) is 20.6. The molecule has 1 heterocycles. The summed E-state index contributed by atoms with van der Waals surface area (Å²) < 4.78 is 0. The normalized spacial score (nSPS) is 15.6. The summed E-state index contributed by atoms with van der Waals surface area (Å²) >= 11 is 0. The van der Waals surface area contributed by atoms with Gasteiger partial charge in [-0.1, -0.05) is 25.7 Å². The summed E-state index contributed by atoms with van der Waals surface area (Å²) in [6.45, 7) is 4.69. The minimum absolute atomic E-state index is 0.633. The number of nitrogens with zero attached hydrogens (tertiary/aromatic N) is 3. The molecule has 0 aromatic carbocycles. The van der Waals surface area contributed by atoms with Gasteiger partial charge in [0.25, 0.3) is 0 Å². The number of nitrogens with one attached hydrogen (secondary N) is 1. The maximum absolute atomic E-state index is 9.18. The summed E-state index contributed by atoms with van der Waals surface area (Å²) in [5.41, 5.74) is 2.39. The average Bonchev–Trinajstić information content (AvgIpc) is 2.87. The van der Waals surface area contributed by atoms with Crippen LogP contribution in [-0.4, -0.2) is 16.7 Å². The van der Waals surface area contributed by atoms with Crippen LogP contribution in [-0.2, 0) is 0 Å². The Labute approximate surface area is 108 Å². The highest BCUT2D eigenvalue weighted by Crippen LogP contribution is 2.27. The van der Waals surface area contributed by atoms with Crippen LogP contribution in [0.15, 0.2) is 0 Å². The third-order valence-electron chi connectivity index (χ3n) is 3.89. The van der Waals surface area contributed by atoms with Crippen LogP contribution in [0, 0.1) is 31.1 Å². The molecule has 0 radical (unpaired) electrons. The van der Waals surface area contributed by atoms with E-state index in [9.17, 15) is 5.26 Å². The Morgan fingerprint density at radius 2 is 2.00 bits per heavy atom. The number of aryl methyl sites for hydroxylation is 1. The van der Waals surface area contributed by atoms with Gasteiger partial charge in [0.05, 0.1) is 5.69 Å². The minimum atomic E-state index is 0.633. The lowest BCUT2D eigenvalue weighted by molar-refractivity contribution is 0.518. The molecule has 1 aromatic heterocycles. The van der Waals surface area contributed by atoms with Gasteiger partial charge in [-0.2, -0.15) is 10.4 Å². The standard InChI is InChI=1S/C14H20N4/c1-10-11(2)17-18-14(13(10)9-15)16-8-7-12-5-3-4-6-12/h12H,3-8H2,1-2H3,(H,16,18). The van der Waals surface area contributed by atoms with Gasteiger partial charge >= 0.3 is 0 Å². The van der Waals surface area contributed by atoms with Crippen molar-refractivity contribution in [2.24, 2.45) is 5.92 Å². The van der Waals surface area contributed by atoms with Gasteiger partial charge in [-0.05, 0) is 31.7 Å². The van der Waals surface area contributed by atoms with Crippen molar-refractivity contribution in [3.05, 3.63) is 16.8 Å². The van der Waals surface area contributed by atoms with Crippen molar-refractivity contribution in [2.45, 2.75) is 46.0 Å². The Bertz CT molecular complexity index is 456. The second kappa shape index (κ2) is 5.81. The SMILES string of the molecule is Cc1nnc(NCCC2CCCC2)c(C#N)c1C. The lowest BCUT2D eigenvalue weighted by atomic mass is 10.0. The van der Waals surface area contributed by atoms with E-state index in [1.165, 1.54) is 32.1 Å². The molecule has 4 heteroatoms. The van der Waals surface area contributed by atoms with E-state index in [0.717, 1.165) is 23.7 Å². The monoisotopic (exact) mass is 244 g/mol. The van der Waals surface area contributed by atoms with Crippen molar-refractivity contribution in [1.29, 1.82) is 5.26 Å². The van der Waals surface area contributed by atoms with Gasteiger partial charge in [-0.25, -0.2) is 0 Å². The molecule has 1 aliphatic carbocycles. The average molecular weight is 244 g/mol. The van der Waals surface area contributed by atoms with Crippen molar-refractivity contribution in [1.82, 2.24) is 10.2 Å². The maximum atomic E-state index is 9.18. The highest BCUT2D eigenvalue weighted by atomic mass is 15.2. The Morgan fingerprint density at radius 3 is 2.67 bits per heavy atom. The molecule has 0 bridgehead atoms. The van der Waals surface area contributed by atoms with Crippen LogP contribution in [0.5, 0.6) is 0 Å². The quantitative estimate of drug-likeness (QED) is 0.884. The first-order chi connectivity index (χ1) is 8.72. The Hall–Kier alpha value is -1.63. The molecular formula is C14H20N4. The number of hydrogen-bond donors (Lipinski definition) is 1. The smallest absolute Gasteiger partial charge is 0.166 e. The van der Waals surface area contributed by atoms with E-state index >= 15 is 0 Å². The van der Waals surface area contributed by atoms with Gasteiger partial charge in [-0.15, -0.1) is 5.10 Å². The van der Waals surface area contributed by atoms with Gasteiger partial charge < -0.3 is 5.32 Å². The molecule has 18 heavy (non-hydrogen) atoms. The van der Waals surface area contributed by atoms with Gasteiger partial charge in [0, 0.05) is 6.54 Å². The zero-order valence-electron chi connectivity index (χ0n) is 11.2. The molecule has 1 fully saturated rings. The Kier molecular flexibility index (Phi) is 4.14. The van der Waals surface area contributed by atoms with E-state index in [-0.39, 0.29) is 0 Å². The van der Waals surface area contributed by atoms with Gasteiger partial charge in [-0.3, -0.25) is 0 Å². The highest BCUT2D eigenvalue weighted by molar-refractivity contribution is 5.55. The minimum Gasteiger partial charge on any atom is -0.367 e. The summed E-state index contributed by atoms with van der Waals surface area (Å²) in [7, 11) is 0. The molecule has 1 aromatic rings. The first kappa shape index (κ1) is 12.8. The highest BCUT2D eigenvalue weighted by Gasteiger charge is 2.15. The molecule has 2 rings (SSSR count). The lowest BCUT2D eigenvalue weighted by Gasteiger charge is -2.12. The molecule has 1 N–H and O–H groups in total. The second-order valence-electron chi connectivity index (χ2n) is 5.11. The largest absolute Gasteiger partial charge is 0.367 e. The van der Waals surface area contributed by atoms with E-state index in [1.54, 1.807) is 0 Å². The fourth-order valence-electron chi connectivity index (χ4n) is 2.56.